The third kappa shape index (κ3) is 6.65. The van der Waals surface area contributed by atoms with Gasteiger partial charge in [0.25, 0.3) is 5.91 Å². The molecule has 76 valence electrons. The predicted octanol–water partition coefficient (Wildman–Crippen LogP) is -0.502. The second kappa shape index (κ2) is 4.15. The van der Waals surface area contributed by atoms with E-state index < -0.39 is 21.5 Å². The fraction of sp³-hybridized carbons (Fsp3) is 0. The highest BCUT2D eigenvalue weighted by Gasteiger charge is 2.31. The van der Waals surface area contributed by atoms with Crippen molar-refractivity contribution in [2.24, 2.45) is 0 Å². The smallest absolute Gasteiger partial charge is 0.308 e. The van der Waals surface area contributed by atoms with Crippen molar-refractivity contribution < 1.29 is 32.9 Å². The van der Waals surface area contributed by atoms with Gasteiger partial charge in [0.05, 0.1) is 0 Å². The summed E-state index contributed by atoms with van der Waals surface area (Å²) in [5.74, 6) is -1.08. The first-order chi connectivity index (χ1) is 5.66. The molecular formula is C3H7NO7P2. The molecule has 0 aliphatic heterocycles. The second-order valence-electron chi connectivity index (χ2n) is 1.77. The molecule has 0 heterocycles. The molecule has 0 fully saturated rings. The molecule has 13 heavy (non-hydrogen) atoms. The number of hydrogen-bond donors (Lipinski definition) is 4. The molecule has 0 aromatic carbocycles. The minimum Gasteiger partial charge on any atom is -0.308 e. The summed E-state index contributed by atoms with van der Waals surface area (Å²) in [6, 6.07) is 0. The fourth-order valence-electron chi connectivity index (χ4n) is 0.349. The van der Waals surface area contributed by atoms with Gasteiger partial charge in [0.1, 0.15) is 0 Å². The maximum Gasteiger partial charge on any atom is 0.478 e. The molecular weight excluding hydrogens is 224 g/mol. The SMILES string of the molecule is C=CC(=O)NP(=O)(O)OP(=O)(O)O. The van der Waals surface area contributed by atoms with Gasteiger partial charge in [-0.1, -0.05) is 6.58 Å². The molecule has 0 saturated heterocycles. The van der Waals surface area contributed by atoms with Gasteiger partial charge >= 0.3 is 15.6 Å². The normalized spacial score (nSPS) is 15.9. The van der Waals surface area contributed by atoms with Crippen LogP contribution < -0.4 is 5.09 Å². The molecule has 0 saturated carbocycles. The van der Waals surface area contributed by atoms with Crippen molar-refractivity contribution in [3.05, 3.63) is 12.7 Å². The standard InChI is InChI=1S/C3H7NO7P2/c1-2-3(5)4-12(6,7)11-13(8,9)10/h2H,1H2,(H2,8,9,10)(H2,4,5,6,7). The summed E-state index contributed by atoms with van der Waals surface area (Å²) in [5, 5.41) is 1.30. The van der Waals surface area contributed by atoms with Gasteiger partial charge in [-0.05, 0) is 6.08 Å². The Morgan fingerprint density at radius 3 is 2.15 bits per heavy atom. The molecule has 0 aromatic rings. The fourth-order valence-corrected chi connectivity index (χ4v) is 2.04. The summed E-state index contributed by atoms with van der Waals surface area (Å²) < 4.78 is 24.1. The van der Waals surface area contributed by atoms with Crippen molar-refractivity contribution in [2.75, 3.05) is 0 Å². The van der Waals surface area contributed by atoms with Crippen LogP contribution in [0, 0.1) is 0 Å². The molecule has 1 unspecified atom stereocenters. The van der Waals surface area contributed by atoms with Gasteiger partial charge in [-0.3, -0.25) is 9.88 Å². The number of rotatable bonds is 4. The van der Waals surface area contributed by atoms with Crippen LogP contribution in [-0.4, -0.2) is 20.6 Å². The lowest BCUT2D eigenvalue weighted by Crippen LogP contribution is -2.18. The molecule has 8 nitrogen and oxygen atoms in total. The molecule has 0 aliphatic rings. The van der Waals surface area contributed by atoms with Crippen LogP contribution in [0.4, 0.5) is 0 Å². The van der Waals surface area contributed by atoms with Gasteiger partial charge < -0.3 is 14.7 Å². The van der Waals surface area contributed by atoms with Gasteiger partial charge in [0, 0.05) is 0 Å². The molecule has 0 bridgehead atoms. The summed E-state index contributed by atoms with van der Waals surface area (Å²) in [7, 11) is -9.94. The molecule has 0 aliphatic carbocycles. The van der Waals surface area contributed by atoms with Gasteiger partial charge in [-0.2, -0.15) is 4.31 Å². The minimum absolute atomic E-state index is 0.645. The molecule has 0 aromatic heterocycles. The van der Waals surface area contributed by atoms with Crippen LogP contribution in [0.25, 0.3) is 0 Å². The molecule has 1 amide bonds. The van der Waals surface area contributed by atoms with E-state index >= 15 is 0 Å². The van der Waals surface area contributed by atoms with Gasteiger partial charge in [0.15, 0.2) is 0 Å². The van der Waals surface area contributed by atoms with Crippen molar-refractivity contribution in [3.8, 4) is 0 Å². The molecule has 10 heteroatoms. The molecule has 1 atom stereocenters. The van der Waals surface area contributed by atoms with Crippen molar-refractivity contribution >= 4 is 21.5 Å². The number of amides is 1. The molecule has 0 radical (unpaired) electrons. The maximum atomic E-state index is 10.7. The van der Waals surface area contributed by atoms with E-state index in [4.69, 9.17) is 14.7 Å². The van der Waals surface area contributed by atoms with E-state index in [1.807, 2.05) is 0 Å². The van der Waals surface area contributed by atoms with E-state index in [0.717, 1.165) is 0 Å². The summed E-state index contributed by atoms with van der Waals surface area (Å²) in [5.41, 5.74) is 0. The number of nitrogens with one attached hydrogen (secondary N) is 1. The Labute approximate surface area is 73.1 Å². The van der Waals surface area contributed by atoms with Gasteiger partial charge in [-0.25, -0.2) is 9.13 Å². The largest absolute Gasteiger partial charge is 0.478 e. The molecule has 4 N–H and O–H groups in total. The van der Waals surface area contributed by atoms with Crippen LogP contribution >= 0.6 is 15.6 Å². The van der Waals surface area contributed by atoms with Crippen LogP contribution in [0.2, 0.25) is 0 Å². The van der Waals surface area contributed by atoms with E-state index in [-0.39, 0.29) is 0 Å². The Kier molecular flexibility index (Phi) is 3.99. The molecule has 0 rings (SSSR count). The average Bonchev–Trinajstić information content (AvgIpc) is 1.80. The van der Waals surface area contributed by atoms with E-state index in [0.29, 0.717) is 6.08 Å². The zero-order valence-corrected chi connectivity index (χ0v) is 7.94. The van der Waals surface area contributed by atoms with Crippen LogP contribution in [0.1, 0.15) is 0 Å². The monoisotopic (exact) mass is 231 g/mol. The first kappa shape index (κ1) is 12.5. The third-order valence-electron chi connectivity index (χ3n) is 0.654. The lowest BCUT2D eigenvalue weighted by molar-refractivity contribution is -0.115. The number of carbonyl (C=O) groups excluding carboxylic acids is 1. The minimum atomic E-state index is -5.12. The topological polar surface area (TPSA) is 133 Å². The van der Waals surface area contributed by atoms with Gasteiger partial charge in [0.2, 0.25) is 0 Å². The Hall–Kier alpha value is -0.490. The Morgan fingerprint density at radius 1 is 1.38 bits per heavy atom. The highest BCUT2D eigenvalue weighted by atomic mass is 31.3. The van der Waals surface area contributed by atoms with Crippen LogP contribution in [0.15, 0.2) is 12.7 Å². The van der Waals surface area contributed by atoms with Crippen LogP contribution in [-0.2, 0) is 18.2 Å². The summed E-state index contributed by atoms with van der Waals surface area (Å²) in [4.78, 5) is 35.3. The average molecular weight is 231 g/mol. The quantitative estimate of drug-likeness (QED) is 0.378. The summed E-state index contributed by atoms with van der Waals surface area (Å²) in [6.45, 7) is 2.95. The van der Waals surface area contributed by atoms with E-state index in [1.54, 1.807) is 0 Å². The zero-order chi connectivity index (χ0) is 10.7. The lowest BCUT2D eigenvalue weighted by Gasteiger charge is -2.11. The highest BCUT2D eigenvalue weighted by Crippen LogP contribution is 2.54. The maximum absolute atomic E-state index is 10.7. The van der Waals surface area contributed by atoms with Crippen LogP contribution in [0.3, 0.4) is 0 Å². The van der Waals surface area contributed by atoms with Crippen molar-refractivity contribution in [1.29, 1.82) is 0 Å². The lowest BCUT2D eigenvalue weighted by atomic mass is 10.6. The highest BCUT2D eigenvalue weighted by molar-refractivity contribution is 7.62. The second-order valence-corrected chi connectivity index (χ2v) is 4.67. The summed E-state index contributed by atoms with van der Waals surface area (Å²) >= 11 is 0. The van der Waals surface area contributed by atoms with Gasteiger partial charge in [-0.15, -0.1) is 0 Å². The van der Waals surface area contributed by atoms with E-state index in [2.05, 4.69) is 10.9 Å². The van der Waals surface area contributed by atoms with E-state index in [1.165, 1.54) is 5.09 Å². The predicted molar refractivity (Wildman–Crippen MR) is 41.3 cm³/mol. The first-order valence-corrected chi connectivity index (χ1v) is 5.81. The van der Waals surface area contributed by atoms with Crippen LogP contribution in [0.5, 0.6) is 0 Å². The Bertz CT molecular complexity index is 305. The Balaban J connectivity index is 4.43. The van der Waals surface area contributed by atoms with Crippen molar-refractivity contribution in [1.82, 2.24) is 5.09 Å². The first-order valence-electron chi connectivity index (χ1n) is 2.70. The van der Waals surface area contributed by atoms with Crippen molar-refractivity contribution in [2.45, 2.75) is 0 Å². The number of carbonyl (C=O) groups is 1. The zero-order valence-electron chi connectivity index (χ0n) is 6.15. The van der Waals surface area contributed by atoms with E-state index in [9.17, 15) is 13.9 Å². The number of phosphoric acid groups is 1. The summed E-state index contributed by atoms with van der Waals surface area (Å²) in [6.07, 6.45) is 0.645. The third-order valence-corrected chi connectivity index (χ3v) is 2.89. The van der Waals surface area contributed by atoms with Crippen molar-refractivity contribution in [3.63, 3.8) is 0 Å². The molecule has 0 spiro atoms. The number of hydrogen-bond acceptors (Lipinski definition) is 4. The Morgan fingerprint density at radius 2 is 1.85 bits per heavy atom.